The summed E-state index contributed by atoms with van der Waals surface area (Å²) in [6, 6.07) is 2.23. The number of benzene rings is 1. The van der Waals surface area contributed by atoms with Crippen LogP contribution in [0.25, 0.3) is 0 Å². The number of rotatable bonds is 2. The normalized spacial score (nSPS) is 15.9. The van der Waals surface area contributed by atoms with E-state index in [4.69, 9.17) is 0 Å². The fraction of sp³-hybridized carbons (Fsp3) is 0.143. The van der Waals surface area contributed by atoms with E-state index in [0.29, 0.717) is 5.57 Å². The fourth-order valence-electron chi connectivity index (χ4n) is 1.95. The van der Waals surface area contributed by atoms with Gasteiger partial charge in [-0.1, -0.05) is 13.0 Å². The zero-order valence-corrected chi connectivity index (χ0v) is 9.80. The monoisotopic (exact) mass is 244 g/mol. The average molecular weight is 244 g/mol. The molecule has 0 saturated heterocycles. The van der Waals surface area contributed by atoms with E-state index in [9.17, 15) is 19.8 Å². The molecule has 0 radical (unpaired) electrons. The summed E-state index contributed by atoms with van der Waals surface area (Å²) >= 11 is 0. The third-order valence-electron chi connectivity index (χ3n) is 2.99. The lowest BCUT2D eigenvalue weighted by molar-refractivity contribution is 0.0976. The highest BCUT2D eigenvalue weighted by molar-refractivity contribution is 6.25. The molecule has 0 aliphatic heterocycles. The second-order valence-corrected chi connectivity index (χ2v) is 4.20. The van der Waals surface area contributed by atoms with Crippen LogP contribution in [-0.2, 0) is 0 Å². The van der Waals surface area contributed by atoms with Gasteiger partial charge < -0.3 is 10.2 Å². The lowest BCUT2D eigenvalue weighted by Gasteiger charge is -2.18. The second-order valence-electron chi connectivity index (χ2n) is 4.20. The molecule has 0 amide bonds. The van der Waals surface area contributed by atoms with Gasteiger partial charge in [0.2, 0.25) is 0 Å². The molecule has 92 valence electrons. The average Bonchev–Trinajstić information content (AvgIpc) is 2.31. The largest absolute Gasteiger partial charge is 0.508 e. The minimum absolute atomic E-state index is 0.0312. The summed E-state index contributed by atoms with van der Waals surface area (Å²) in [6.45, 7) is 5.33. The van der Waals surface area contributed by atoms with Crippen molar-refractivity contribution >= 4 is 11.6 Å². The van der Waals surface area contributed by atoms with E-state index in [-0.39, 0.29) is 34.3 Å². The van der Waals surface area contributed by atoms with Crippen LogP contribution in [0, 0.1) is 5.92 Å². The van der Waals surface area contributed by atoms with Gasteiger partial charge in [-0.25, -0.2) is 0 Å². The number of carbonyl (C=O) groups is 2. The number of carbonyl (C=O) groups excluding carboxylic acids is 2. The lowest BCUT2D eigenvalue weighted by atomic mass is 9.83. The number of aromatic hydroxyl groups is 2. The summed E-state index contributed by atoms with van der Waals surface area (Å²) in [5.41, 5.74) is 0.286. The van der Waals surface area contributed by atoms with Crippen molar-refractivity contribution in [2.75, 3.05) is 0 Å². The Balaban J connectivity index is 2.65. The Labute approximate surface area is 104 Å². The highest BCUT2D eigenvalue weighted by Crippen LogP contribution is 2.34. The molecule has 0 bridgehead atoms. The third kappa shape index (κ3) is 1.72. The number of allylic oxidation sites excluding steroid dienone is 3. The van der Waals surface area contributed by atoms with Gasteiger partial charge in [0, 0.05) is 23.1 Å². The van der Waals surface area contributed by atoms with Crippen molar-refractivity contribution in [1.82, 2.24) is 0 Å². The van der Waals surface area contributed by atoms with E-state index < -0.39 is 5.78 Å². The Morgan fingerprint density at radius 3 is 2.56 bits per heavy atom. The number of fused-ring (bicyclic) bond motifs is 1. The van der Waals surface area contributed by atoms with E-state index >= 15 is 0 Å². The SMILES string of the molecule is C=CC(C)C1=CC(=O)c2c(O)cc(O)cc2C1=O. The first kappa shape index (κ1) is 12.1. The molecule has 0 fully saturated rings. The topological polar surface area (TPSA) is 74.6 Å². The van der Waals surface area contributed by atoms with Crippen LogP contribution in [0.3, 0.4) is 0 Å². The van der Waals surface area contributed by atoms with Crippen molar-refractivity contribution in [3.8, 4) is 11.5 Å². The number of ketones is 2. The highest BCUT2D eigenvalue weighted by Gasteiger charge is 2.30. The molecular weight excluding hydrogens is 232 g/mol. The van der Waals surface area contributed by atoms with Gasteiger partial charge in [-0.15, -0.1) is 6.58 Å². The summed E-state index contributed by atoms with van der Waals surface area (Å²) < 4.78 is 0. The van der Waals surface area contributed by atoms with Gasteiger partial charge in [0.15, 0.2) is 11.6 Å². The van der Waals surface area contributed by atoms with E-state index in [0.717, 1.165) is 6.07 Å². The zero-order valence-electron chi connectivity index (χ0n) is 9.80. The first-order valence-electron chi connectivity index (χ1n) is 5.45. The quantitative estimate of drug-likeness (QED) is 0.782. The maximum atomic E-state index is 12.2. The predicted molar refractivity (Wildman–Crippen MR) is 65.9 cm³/mol. The first-order valence-corrected chi connectivity index (χ1v) is 5.45. The molecule has 2 N–H and O–H groups in total. The van der Waals surface area contributed by atoms with Gasteiger partial charge in [-0.3, -0.25) is 9.59 Å². The summed E-state index contributed by atoms with van der Waals surface area (Å²) in [7, 11) is 0. The van der Waals surface area contributed by atoms with Crippen LogP contribution in [0.1, 0.15) is 27.6 Å². The van der Waals surface area contributed by atoms with Gasteiger partial charge in [0.1, 0.15) is 11.5 Å². The Morgan fingerprint density at radius 2 is 1.94 bits per heavy atom. The minimum atomic E-state index is -0.439. The molecule has 0 saturated carbocycles. The van der Waals surface area contributed by atoms with Crippen LogP contribution in [0.15, 0.2) is 36.4 Å². The molecule has 1 atom stereocenters. The van der Waals surface area contributed by atoms with E-state index in [2.05, 4.69) is 6.58 Å². The smallest absolute Gasteiger partial charge is 0.190 e. The third-order valence-corrected chi connectivity index (χ3v) is 2.99. The van der Waals surface area contributed by atoms with Crippen LogP contribution in [0.2, 0.25) is 0 Å². The van der Waals surface area contributed by atoms with Gasteiger partial charge in [-0.05, 0) is 12.1 Å². The highest BCUT2D eigenvalue weighted by atomic mass is 16.3. The predicted octanol–water partition coefficient (Wildman–Crippen LogP) is 2.23. The first-order chi connectivity index (χ1) is 8.45. The number of Topliss-reactive ketones (excluding diaryl/α,β-unsaturated/α-hetero) is 1. The lowest BCUT2D eigenvalue weighted by Crippen LogP contribution is -2.20. The van der Waals surface area contributed by atoms with Crippen LogP contribution >= 0.6 is 0 Å². The molecule has 1 unspecified atom stereocenters. The second kappa shape index (κ2) is 4.14. The van der Waals surface area contributed by atoms with Gasteiger partial charge >= 0.3 is 0 Å². The molecule has 2 rings (SSSR count). The molecular formula is C14H12O4. The van der Waals surface area contributed by atoms with Crippen molar-refractivity contribution in [1.29, 1.82) is 0 Å². The number of phenols is 2. The van der Waals surface area contributed by atoms with Gasteiger partial charge in [0.25, 0.3) is 0 Å². The van der Waals surface area contributed by atoms with Crippen molar-refractivity contribution in [3.63, 3.8) is 0 Å². The Kier molecular flexibility index (Phi) is 2.79. The Hall–Kier alpha value is -2.36. The molecule has 1 aromatic carbocycles. The molecule has 1 aliphatic rings. The maximum absolute atomic E-state index is 12.2. The zero-order chi connectivity index (χ0) is 13.4. The van der Waals surface area contributed by atoms with Crippen LogP contribution in [0.5, 0.6) is 11.5 Å². The molecule has 4 nitrogen and oxygen atoms in total. The van der Waals surface area contributed by atoms with Crippen molar-refractivity contribution < 1.29 is 19.8 Å². The summed E-state index contributed by atoms with van der Waals surface area (Å²) in [5, 5.41) is 19.0. The minimum Gasteiger partial charge on any atom is -0.508 e. The molecule has 1 aromatic rings. The van der Waals surface area contributed by atoms with Crippen LogP contribution < -0.4 is 0 Å². The Morgan fingerprint density at radius 1 is 1.28 bits per heavy atom. The van der Waals surface area contributed by atoms with E-state index in [1.165, 1.54) is 12.1 Å². The summed E-state index contributed by atoms with van der Waals surface area (Å²) in [5.74, 6) is -1.71. The van der Waals surface area contributed by atoms with Gasteiger partial charge in [-0.2, -0.15) is 0 Å². The number of hydrogen-bond donors (Lipinski definition) is 2. The molecule has 18 heavy (non-hydrogen) atoms. The van der Waals surface area contributed by atoms with E-state index in [1.807, 2.05) is 0 Å². The van der Waals surface area contributed by atoms with Crippen LogP contribution in [-0.4, -0.2) is 21.8 Å². The standard InChI is InChI=1S/C14H12O4/c1-3-7(2)9-6-12(17)13-10(14(9)18)4-8(15)5-11(13)16/h3-7,15-16H,1H2,2H3. The van der Waals surface area contributed by atoms with Gasteiger partial charge in [0.05, 0.1) is 5.56 Å². The van der Waals surface area contributed by atoms with Crippen LogP contribution in [0.4, 0.5) is 0 Å². The number of phenolic OH excluding ortho intramolecular Hbond substituents is 2. The molecule has 0 heterocycles. The summed E-state index contributed by atoms with van der Waals surface area (Å²) in [4.78, 5) is 24.1. The molecule has 0 aromatic heterocycles. The molecule has 1 aliphatic carbocycles. The van der Waals surface area contributed by atoms with Crippen molar-refractivity contribution in [2.24, 2.45) is 5.92 Å². The summed E-state index contributed by atoms with van der Waals surface area (Å²) in [6.07, 6.45) is 2.78. The molecule has 0 spiro atoms. The maximum Gasteiger partial charge on any atom is 0.190 e. The fourth-order valence-corrected chi connectivity index (χ4v) is 1.95. The van der Waals surface area contributed by atoms with Crippen molar-refractivity contribution in [2.45, 2.75) is 6.92 Å². The Bertz CT molecular complexity index is 596. The van der Waals surface area contributed by atoms with E-state index in [1.54, 1.807) is 13.0 Å². The number of hydrogen-bond acceptors (Lipinski definition) is 4. The van der Waals surface area contributed by atoms with Crippen molar-refractivity contribution in [3.05, 3.63) is 47.6 Å². The molecule has 4 heteroatoms.